The van der Waals surface area contributed by atoms with Crippen LogP contribution in [0.3, 0.4) is 0 Å². The standard InChI is InChI=1S/C20H24N2O4/c1-12-9-15(13(2)21(12)3)19(23)22-10-16(17(11-22)20(24)25)14-7-5-6-8-18(14)26-4/h5-9,16-17H,10-11H2,1-4H3,(H,24,25)/t16-,17+/m1/s1. The maximum Gasteiger partial charge on any atom is 0.308 e. The molecule has 6 heteroatoms. The van der Waals surface area contributed by atoms with Crippen LogP contribution in [0.4, 0.5) is 0 Å². The van der Waals surface area contributed by atoms with Gasteiger partial charge in [-0.1, -0.05) is 18.2 Å². The number of carboxylic acids is 1. The molecule has 0 unspecified atom stereocenters. The highest BCUT2D eigenvalue weighted by molar-refractivity contribution is 5.96. The number of hydrogen-bond donors (Lipinski definition) is 1. The first-order chi connectivity index (χ1) is 12.3. The van der Waals surface area contributed by atoms with Crippen LogP contribution in [0.1, 0.15) is 33.2 Å². The molecule has 0 bridgehead atoms. The molecule has 2 atom stereocenters. The van der Waals surface area contributed by atoms with Crippen molar-refractivity contribution >= 4 is 11.9 Å². The zero-order chi connectivity index (χ0) is 19.0. The van der Waals surface area contributed by atoms with Gasteiger partial charge >= 0.3 is 5.97 Å². The number of aliphatic carboxylic acids is 1. The van der Waals surface area contributed by atoms with E-state index in [4.69, 9.17) is 4.74 Å². The average molecular weight is 356 g/mol. The third-order valence-corrected chi connectivity index (χ3v) is 5.47. The van der Waals surface area contributed by atoms with Crippen LogP contribution in [-0.4, -0.2) is 46.6 Å². The number of carbonyl (C=O) groups is 2. The lowest BCUT2D eigenvalue weighted by Gasteiger charge is -2.18. The summed E-state index contributed by atoms with van der Waals surface area (Å²) in [5.74, 6) is -1.30. The zero-order valence-electron chi connectivity index (χ0n) is 15.5. The van der Waals surface area contributed by atoms with Gasteiger partial charge in [-0.3, -0.25) is 9.59 Å². The molecule has 26 heavy (non-hydrogen) atoms. The molecule has 1 aliphatic heterocycles. The third kappa shape index (κ3) is 2.96. The normalized spacial score (nSPS) is 19.6. The van der Waals surface area contributed by atoms with E-state index in [1.807, 2.05) is 55.8 Å². The third-order valence-electron chi connectivity index (χ3n) is 5.47. The molecular formula is C20H24N2O4. The van der Waals surface area contributed by atoms with Gasteiger partial charge in [-0.2, -0.15) is 0 Å². The lowest BCUT2D eigenvalue weighted by Crippen LogP contribution is -2.30. The topological polar surface area (TPSA) is 71.8 Å². The van der Waals surface area contributed by atoms with E-state index < -0.39 is 11.9 Å². The van der Waals surface area contributed by atoms with Crippen molar-refractivity contribution in [1.82, 2.24) is 9.47 Å². The van der Waals surface area contributed by atoms with E-state index in [2.05, 4.69) is 0 Å². The molecule has 1 aromatic heterocycles. The van der Waals surface area contributed by atoms with Crippen molar-refractivity contribution in [2.45, 2.75) is 19.8 Å². The van der Waals surface area contributed by atoms with E-state index in [-0.39, 0.29) is 18.4 Å². The van der Waals surface area contributed by atoms with Crippen molar-refractivity contribution in [3.05, 3.63) is 52.8 Å². The summed E-state index contributed by atoms with van der Waals surface area (Å²) < 4.78 is 7.37. The Kier molecular flexibility index (Phi) is 4.76. The number of rotatable bonds is 4. The second kappa shape index (κ2) is 6.86. The SMILES string of the molecule is COc1ccccc1[C@H]1CN(C(=O)c2cc(C)n(C)c2C)C[C@@H]1C(=O)O. The van der Waals surface area contributed by atoms with Crippen LogP contribution in [0.5, 0.6) is 5.75 Å². The molecule has 1 N–H and O–H groups in total. The first-order valence-corrected chi connectivity index (χ1v) is 8.63. The molecule has 138 valence electrons. The summed E-state index contributed by atoms with van der Waals surface area (Å²) in [5, 5.41) is 9.70. The van der Waals surface area contributed by atoms with Crippen molar-refractivity contribution in [3.8, 4) is 5.75 Å². The summed E-state index contributed by atoms with van der Waals surface area (Å²) in [6.07, 6.45) is 0. The predicted molar refractivity (Wildman–Crippen MR) is 97.7 cm³/mol. The van der Waals surface area contributed by atoms with Crippen molar-refractivity contribution in [2.75, 3.05) is 20.2 Å². The number of methoxy groups -OCH3 is 1. The van der Waals surface area contributed by atoms with Crippen LogP contribution in [0.15, 0.2) is 30.3 Å². The van der Waals surface area contributed by atoms with Crippen LogP contribution < -0.4 is 4.74 Å². The Balaban J connectivity index is 1.93. The van der Waals surface area contributed by atoms with Crippen LogP contribution in [-0.2, 0) is 11.8 Å². The van der Waals surface area contributed by atoms with E-state index in [0.29, 0.717) is 17.9 Å². The largest absolute Gasteiger partial charge is 0.496 e. The van der Waals surface area contributed by atoms with E-state index in [9.17, 15) is 14.7 Å². The molecule has 0 spiro atoms. The number of aromatic nitrogens is 1. The molecule has 0 radical (unpaired) electrons. The fourth-order valence-electron chi connectivity index (χ4n) is 3.75. The monoisotopic (exact) mass is 356 g/mol. The Hall–Kier alpha value is -2.76. The molecule has 2 aromatic rings. The van der Waals surface area contributed by atoms with Crippen molar-refractivity contribution < 1.29 is 19.4 Å². The van der Waals surface area contributed by atoms with Gasteiger partial charge in [0.05, 0.1) is 18.6 Å². The summed E-state index contributed by atoms with van der Waals surface area (Å²) in [6, 6.07) is 9.29. The minimum Gasteiger partial charge on any atom is -0.496 e. The van der Waals surface area contributed by atoms with Crippen LogP contribution >= 0.6 is 0 Å². The van der Waals surface area contributed by atoms with Gasteiger partial charge in [0, 0.05) is 37.4 Å². The van der Waals surface area contributed by atoms with Crippen molar-refractivity contribution in [3.63, 3.8) is 0 Å². The summed E-state index contributed by atoms with van der Waals surface area (Å²) in [4.78, 5) is 26.5. The van der Waals surface area contributed by atoms with Crippen LogP contribution in [0, 0.1) is 19.8 Å². The molecule has 3 rings (SSSR count). The molecular weight excluding hydrogens is 332 g/mol. The van der Waals surface area contributed by atoms with Gasteiger partial charge in [0.2, 0.25) is 0 Å². The lowest BCUT2D eigenvalue weighted by atomic mass is 9.88. The van der Waals surface area contributed by atoms with Gasteiger partial charge in [-0.15, -0.1) is 0 Å². The van der Waals surface area contributed by atoms with Gasteiger partial charge in [0.15, 0.2) is 0 Å². The molecule has 0 aliphatic carbocycles. The van der Waals surface area contributed by atoms with Crippen LogP contribution in [0.25, 0.3) is 0 Å². The highest BCUT2D eigenvalue weighted by Gasteiger charge is 2.42. The van der Waals surface area contributed by atoms with Gasteiger partial charge < -0.3 is 19.3 Å². The molecule has 2 heterocycles. The van der Waals surface area contributed by atoms with E-state index in [1.54, 1.807) is 12.0 Å². The Bertz CT molecular complexity index is 855. The fourth-order valence-corrected chi connectivity index (χ4v) is 3.75. The van der Waals surface area contributed by atoms with E-state index in [1.165, 1.54) is 0 Å². The van der Waals surface area contributed by atoms with Gasteiger partial charge in [0.25, 0.3) is 5.91 Å². The first kappa shape index (κ1) is 18.0. The van der Waals surface area contributed by atoms with Gasteiger partial charge in [-0.25, -0.2) is 0 Å². The number of carboxylic acid groups (broad SMARTS) is 1. The number of likely N-dealkylation sites (tertiary alicyclic amines) is 1. The Labute approximate surface area is 153 Å². The zero-order valence-corrected chi connectivity index (χ0v) is 15.5. The smallest absolute Gasteiger partial charge is 0.308 e. The number of carbonyl (C=O) groups excluding carboxylic acids is 1. The van der Waals surface area contributed by atoms with Crippen molar-refractivity contribution in [1.29, 1.82) is 0 Å². The summed E-state index contributed by atoms with van der Waals surface area (Å²) in [6.45, 7) is 4.42. The Morgan fingerprint density at radius 3 is 2.46 bits per heavy atom. The maximum atomic E-state index is 13.0. The Morgan fingerprint density at radius 2 is 1.88 bits per heavy atom. The fraction of sp³-hybridized carbons (Fsp3) is 0.400. The summed E-state index contributed by atoms with van der Waals surface area (Å²) >= 11 is 0. The molecule has 0 saturated carbocycles. The second-order valence-corrected chi connectivity index (χ2v) is 6.85. The van der Waals surface area contributed by atoms with E-state index >= 15 is 0 Å². The first-order valence-electron chi connectivity index (χ1n) is 8.63. The molecule has 1 saturated heterocycles. The highest BCUT2D eigenvalue weighted by Crippen LogP contribution is 2.38. The summed E-state index contributed by atoms with van der Waals surface area (Å²) in [5.41, 5.74) is 3.36. The van der Waals surface area contributed by atoms with Gasteiger partial charge in [0.1, 0.15) is 5.75 Å². The van der Waals surface area contributed by atoms with Gasteiger partial charge in [-0.05, 0) is 31.5 Å². The molecule has 1 aliphatic rings. The Morgan fingerprint density at radius 1 is 1.19 bits per heavy atom. The lowest BCUT2D eigenvalue weighted by molar-refractivity contribution is -0.141. The van der Waals surface area contributed by atoms with Crippen LogP contribution in [0.2, 0.25) is 0 Å². The predicted octanol–water partition coefficient (Wildman–Crippen LogP) is 2.59. The number of ether oxygens (including phenoxy) is 1. The summed E-state index contributed by atoms with van der Waals surface area (Å²) in [7, 11) is 3.49. The number of amides is 1. The quantitative estimate of drug-likeness (QED) is 0.914. The number of nitrogens with zero attached hydrogens (tertiary/aromatic N) is 2. The second-order valence-electron chi connectivity index (χ2n) is 6.85. The number of aryl methyl sites for hydroxylation is 1. The number of hydrogen-bond acceptors (Lipinski definition) is 3. The van der Waals surface area contributed by atoms with Crippen molar-refractivity contribution in [2.24, 2.45) is 13.0 Å². The maximum absolute atomic E-state index is 13.0. The number of benzene rings is 1. The molecule has 1 aromatic carbocycles. The highest BCUT2D eigenvalue weighted by atomic mass is 16.5. The average Bonchev–Trinajstić information content (AvgIpc) is 3.19. The molecule has 6 nitrogen and oxygen atoms in total. The molecule has 1 fully saturated rings. The molecule has 1 amide bonds. The minimum absolute atomic E-state index is 0.116. The number of para-hydroxylation sites is 1. The van der Waals surface area contributed by atoms with E-state index in [0.717, 1.165) is 17.0 Å². The minimum atomic E-state index is -0.892.